The number of aryl methyl sites for hydroxylation is 3. The van der Waals surface area contributed by atoms with Crippen LogP contribution >= 0.6 is 0 Å². The van der Waals surface area contributed by atoms with Gasteiger partial charge in [0, 0.05) is 32.4 Å². The summed E-state index contributed by atoms with van der Waals surface area (Å²) in [5.41, 5.74) is 5.65. The zero-order chi connectivity index (χ0) is 23.8. The minimum absolute atomic E-state index is 0.255. The first-order chi connectivity index (χ1) is 16.4. The van der Waals surface area contributed by atoms with Crippen LogP contribution < -0.4 is 9.80 Å². The van der Waals surface area contributed by atoms with Crippen molar-refractivity contribution in [3.63, 3.8) is 0 Å². The Balaban J connectivity index is 1.51. The lowest BCUT2D eigenvalue weighted by atomic mass is 10.0. The summed E-state index contributed by atoms with van der Waals surface area (Å²) >= 11 is 0. The molecule has 0 unspecified atom stereocenters. The van der Waals surface area contributed by atoms with Crippen molar-refractivity contribution >= 4 is 28.9 Å². The van der Waals surface area contributed by atoms with Gasteiger partial charge in [-0.25, -0.2) is 9.88 Å². The monoisotopic (exact) mass is 452 g/mol. The predicted molar refractivity (Wildman–Crippen MR) is 135 cm³/mol. The second kappa shape index (κ2) is 8.78. The zero-order valence-corrected chi connectivity index (χ0v) is 19.8. The number of anilines is 2. The molecule has 0 aliphatic carbocycles. The molecule has 0 N–H and O–H groups in total. The number of rotatable bonds is 4. The molecule has 3 heterocycles. The van der Waals surface area contributed by atoms with Crippen molar-refractivity contribution in [3.8, 4) is 0 Å². The lowest BCUT2D eigenvalue weighted by molar-refractivity contribution is -0.120. The Morgan fingerprint density at radius 1 is 0.735 bits per heavy atom. The Morgan fingerprint density at radius 3 is 2.09 bits per heavy atom. The van der Waals surface area contributed by atoms with E-state index in [2.05, 4.69) is 14.8 Å². The molecule has 1 aromatic heterocycles. The van der Waals surface area contributed by atoms with E-state index in [0.717, 1.165) is 41.2 Å². The molecule has 0 radical (unpaired) electrons. The number of benzene rings is 2. The molecule has 34 heavy (non-hydrogen) atoms. The van der Waals surface area contributed by atoms with Crippen molar-refractivity contribution in [2.75, 3.05) is 36.0 Å². The second-order valence-corrected chi connectivity index (χ2v) is 8.97. The molecule has 0 spiro atoms. The van der Waals surface area contributed by atoms with Crippen LogP contribution in [0.2, 0.25) is 0 Å². The Hall–Kier alpha value is -3.93. The van der Waals surface area contributed by atoms with Crippen LogP contribution in [0.15, 0.2) is 72.6 Å². The first-order valence-corrected chi connectivity index (χ1v) is 11.6. The summed E-state index contributed by atoms with van der Waals surface area (Å²) in [5.74, 6) is 0.412. The van der Waals surface area contributed by atoms with Gasteiger partial charge in [0.25, 0.3) is 11.8 Å². The van der Waals surface area contributed by atoms with Gasteiger partial charge in [0.15, 0.2) is 0 Å². The molecule has 172 valence electrons. The third-order valence-corrected chi connectivity index (χ3v) is 6.72. The second-order valence-electron chi connectivity index (χ2n) is 8.97. The van der Waals surface area contributed by atoms with Gasteiger partial charge in [-0.15, -0.1) is 0 Å². The minimum Gasteiger partial charge on any atom is -0.363 e. The van der Waals surface area contributed by atoms with Gasteiger partial charge in [0.2, 0.25) is 0 Å². The van der Waals surface area contributed by atoms with Gasteiger partial charge in [0.05, 0.1) is 11.3 Å². The zero-order valence-electron chi connectivity index (χ0n) is 19.8. The quantitative estimate of drug-likeness (QED) is 0.558. The molecule has 0 atom stereocenters. The maximum atomic E-state index is 13.8. The summed E-state index contributed by atoms with van der Waals surface area (Å²) in [6, 6.07) is 19.4. The number of nitrogens with zero attached hydrogens (tertiary/aromatic N) is 4. The summed E-state index contributed by atoms with van der Waals surface area (Å²) in [6.45, 7) is 8.77. The minimum atomic E-state index is -0.265. The Labute approximate surface area is 200 Å². The first kappa shape index (κ1) is 21.9. The number of hydrogen-bond acceptors (Lipinski definition) is 5. The highest BCUT2D eigenvalue weighted by molar-refractivity contribution is 6.45. The van der Waals surface area contributed by atoms with E-state index in [0.29, 0.717) is 30.0 Å². The van der Waals surface area contributed by atoms with Crippen LogP contribution in [-0.4, -0.2) is 47.9 Å². The summed E-state index contributed by atoms with van der Waals surface area (Å²) < 4.78 is 0. The van der Waals surface area contributed by atoms with Crippen molar-refractivity contribution < 1.29 is 9.59 Å². The maximum Gasteiger partial charge on any atom is 0.282 e. The molecule has 3 aromatic rings. The molecular formula is C28H28N4O2. The first-order valence-electron chi connectivity index (χ1n) is 11.6. The highest BCUT2D eigenvalue weighted by atomic mass is 16.2. The molecule has 0 saturated carbocycles. The fourth-order valence-corrected chi connectivity index (χ4v) is 4.59. The number of imide groups is 1. The maximum absolute atomic E-state index is 13.8. The normalized spacial score (nSPS) is 16.6. The van der Waals surface area contributed by atoms with E-state index in [1.54, 1.807) is 6.20 Å². The third-order valence-electron chi connectivity index (χ3n) is 6.72. The number of carbonyl (C=O) groups excluding carboxylic acids is 2. The standard InChI is InChI=1S/C28H28N4O2/c1-19-7-10-22(11-8-19)25-26(31-16-14-30(15-17-31)24-6-4-5-13-29-24)28(34)32(27(25)33)23-12-9-20(2)21(3)18-23/h4-13,18H,14-17H2,1-3H3. The van der Waals surface area contributed by atoms with E-state index < -0.39 is 0 Å². The Kier molecular flexibility index (Phi) is 5.65. The average Bonchev–Trinajstić information content (AvgIpc) is 3.12. The molecule has 1 fully saturated rings. The van der Waals surface area contributed by atoms with Crippen molar-refractivity contribution in [1.82, 2.24) is 9.88 Å². The highest BCUT2D eigenvalue weighted by Crippen LogP contribution is 2.36. The van der Waals surface area contributed by atoms with E-state index >= 15 is 0 Å². The van der Waals surface area contributed by atoms with Crippen LogP contribution in [0.3, 0.4) is 0 Å². The van der Waals surface area contributed by atoms with Crippen molar-refractivity contribution in [1.29, 1.82) is 0 Å². The molecule has 5 rings (SSSR count). The summed E-state index contributed by atoms with van der Waals surface area (Å²) in [4.78, 5) is 37.6. The van der Waals surface area contributed by atoms with Gasteiger partial charge >= 0.3 is 0 Å². The number of amides is 2. The van der Waals surface area contributed by atoms with Crippen LogP contribution in [0, 0.1) is 20.8 Å². The smallest absolute Gasteiger partial charge is 0.282 e. The summed E-state index contributed by atoms with van der Waals surface area (Å²) in [6.07, 6.45) is 1.79. The number of hydrogen-bond donors (Lipinski definition) is 0. The molecule has 2 aliphatic heterocycles. The van der Waals surface area contributed by atoms with Gasteiger partial charge < -0.3 is 9.80 Å². The van der Waals surface area contributed by atoms with E-state index in [1.807, 2.05) is 81.4 Å². The lowest BCUT2D eigenvalue weighted by Gasteiger charge is -2.37. The SMILES string of the molecule is Cc1ccc(C2=C(N3CCN(c4ccccn4)CC3)C(=O)N(c3ccc(C)c(C)c3)C2=O)cc1. The molecule has 0 bridgehead atoms. The summed E-state index contributed by atoms with van der Waals surface area (Å²) in [5, 5.41) is 0. The molecular weight excluding hydrogens is 424 g/mol. The Bertz CT molecular complexity index is 1270. The van der Waals surface area contributed by atoms with Crippen LogP contribution in [0.5, 0.6) is 0 Å². The summed E-state index contributed by atoms with van der Waals surface area (Å²) in [7, 11) is 0. The van der Waals surface area contributed by atoms with Crippen molar-refractivity contribution in [2.24, 2.45) is 0 Å². The topological polar surface area (TPSA) is 56.8 Å². The van der Waals surface area contributed by atoms with Crippen LogP contribution in [0.1, 0.15) is 22.3 Å². The Morgan fingerprint density at radius 2 is 1.44 bits per heavy atom. The fourth-order valence-electron chi connectivity index (χ4n) is 4.59. The lowest BCUT2D eigenvalue weighted by Crippen LogP contribution is -2.48. The molecule has 2 aliphatic rings. The van der Waals surface area contributed by atoms with Gasteiger partial charge in [-0.3, -0.25) is 9.59 Å². The molecule has 1 saturated heterocycles. The number of pyridine rings is 1. The average molecular weight is 453 g/mol. The largest absolute Gasteiger partial charge is 0.363 e. The highest BCUT2D eigenvalue weighted by Gasteiger charge is 2.43. The van der Waals surface area contributed by atoms with Gasteiger partial charge in [-0.2, -0.15) is 0 Å². The van der Waals surface area contributed by atoms with Crippen molar-refractivity contribution in [2.45, 2.75) is 20.8 Å². The number of aromatic nitrogens is 1. The van der Waals surface area contributed by atoms with Crippen LogP contribution in [0.4, 0.5) is 11.5 Å². The molecule has 6 nitrogen and oxygen atoms in total. The number of carbonyl (C=O) groups is 2. The van der Waals surface area contributed by atoms with E-state index in [4.69, 9.17) is 0 Å². The molecule has 6 heteroatoms. The number of piperazine rings is 1. The predicted octanol–water partition coefficient (Wildman–Crippen LogP) is 4.11. The van der Waals surface area contributed by atoms with E-state index in [1.165, 1.54) is 4.90 Å². The van der Waals surface area contributed by atoms with Crippen molar-refractivity contribution in [3.05, 3.63) is 94.8 Å². The van der Waals surface area contributed by atoms with Crippen LogP contribution in [0.25, 0.3) is 5.57 Å². The van der Waals surface area contributed by atoms with Gasteiger partial charge in [0.1, 0.15) is 11.5 Å². The van der Waals surface area contributed by atoms with Crippen LogP contribution in [-0.2, 0) is 9.59 Å². The van der Waals surface area contributed by atoms with Gasteiger partial charge in [-0.1, -0.05) is 42.0 Å². The van der Waals surface area contributed by atoms with E-state index in [-0.39, 0.29) is 11.8 Å². The third kappa shape index (κ3) is 3.85. The fraction of sp³-hybridized carbons (Fsp3) is 0.250. The molecule has 2 amide bonds. The van der Waals surface area contributed by atoms with E-state index in [9.17, 15) is 9.59 Å². The van der Waals surface area contributed by atoms with Gasteiger partial charge in [-0.05, 0) is 61.7 Å². The molecule has 2 aromatic carbocycles.